The molecule has 2 amide bonds. The second-order valence-corrected chi connectivity index (χ2v) is 11.0. The summed E-state index contributed by atoms with van der Waals surface area (Å²) in [7, 11) is 2.07. The molecule has 0 N–H and O–H groups in total. The highest BCUT2D eigenvalue weighted by atomic mass is 79.9. The number of hydrogen-bond acceptors (Lipinski definition) is 6. The Morgan fingerprint density at radius 3 is 2.63 bits per heavy atom. The van der Waals surface area contributed by atoms with Gasteiger partial charge in [0.05, 0.1) is 5.69 Å². The van der Waals surface area contributed by atoms with E-state index in [0.717, 1.165) is 48.5 Å². The number of piperazine rings is 1. The molecule has 4 rings (SSSR count). The normalized spacial score (nSPS) is 21.4. The van der Waals surface area contributed by atoms with Crippen LogP contribution in [-0.4, -0.2) is 84.1 Å². The van der Waals surface area contributed by atoms with Gasteiger partial charge >= 0.3 is 0 Å². The van der Waals surface area contributed by atoms with Gasteiger partial charge in [0.15, 0.2) is 0 Å². The van der Waals surface area contributed by atoms with Crippen LogP contribution in [0.2, 0.25) is 0 Å². The summed E-state index contributed by atoms with van der Waals surface area (Å²) < 4.78 is 12.7. The Morgan fingerprint density at radius 1 is 1.14 bits per heavy atom. The number of carbonyl (C=O) groups excluding carboxylic acids is 2. The van der Waals surface area contributed by atoms with Gasteiger partial charge in [-0.2, -0.15) is 0 Å². The second kappa shape index (κ2) is 11.6. The van der Waals surface area contributed by atoms with Crippen LogP contribution < -0.4 is 4.74 Å². The number of nitrogens with zero attached hydrogens (tertiary/aromatic N) is 4. The average molecular weight is 547 g/mol. The molecule has 2 fully saturated rings. The number of hydrogen-bond donors (Lipinski definition) is 0. The lowest BCUT2D eigenvalue weighted by Crippen LogP contribution is -2.51. The first-order valence-corrected chi connectivity index (χ1v) is 13.2. The summed E-state index contributed by atoms with van der Waals surface area (Å²) in [5.74, 6) is 1.28. The van der Waals surface area contributed by atoms with Crippen LogP contribution in [0, 0.1) is 11.8 Å². The Hall–Kier alpha value is -2.39. The average Bonchev–Trinajstić information content (AvgIpc) is 3.28. The van der Waals surface area contributed by atoms with Gasteiger partial charge in [-0.3, -0.25) is 9.59 Å². The quantitative estimate of drug-likeness (QED) is 0.526. The number of ether oxygens (including phenoxy) is 1. The Balaban J connectivity index is 1.46. The molecule has 0 aliphatic carbocycles. The Morgan fingerprint density at radius 2 is 1.91 bits per heavy atom. The van der Waals surface area contributed by atoms with Gasteiger partial charge in [-0.05, 0) is 37.6 Å². The number of amides is 2. The van der Waals surface area contributed by atoms with Crippen molar-refractivity contribution in [2.24, 2.45) is 11.8 Å². The van der Waals surface area contributed by atoms with E-state index in [1.165, 1.54) is 0 Å². The van der Waals surface area contributed by atoms with Crippen molar-refractivity contribution in [1.29, 1.82) is 0 Å². The van der Waals surface area contributed by atoms with Gasteiger partial charge < -0.3 is 24.0 Å². The fourth-order valence-corrected chi connectivity index (χ4v) is 5.13. The number of carbonyl (C=O) groups is 2. The summed E-state index contributed by atoms with van der Waals surface area (Å²) in [5.41, 5.74) is 0.790. The van der Waals surface area contributed by atoms with E-state index in [1.54, 1.807) is 11.0 Å². The highest BCUT2D eigenvalue weighted by molar-refractivity contribution is 9.10. The monoisotopic (exact) mass is 546 g/mol. The third-order valence-electron chi connectivity index (χ3n) is 6.71. The second-order valence-electron chi connectivity index (χ2n) is 10.1. The van der Waals surface area contributed by atoms with Crippen molar-refractivity contribution in [1.82, 2.24) is 19.9 Å². The number of rotatable bonds is 7. The number of benzene rings is 1. The van der Waals surface area contributed by atoms with Crippen LogP contribution in [0.3, 0.4) is 0 Å². The lowest BCUT2D eigenvalue weighted by Gasteiger charge is -2.39. The van der Waals surface area contributed by atoms with Gasteiger partial charge in [-0.15, -0.1) is 0 Å². The minimum absolute atomic E-state index is 0.114. The molecule has 3 heterocycles. The third kappa shape index (κ3) is 6.85. The molecular weight excluding hydrogens is 512 g/mol. The van der Waals surface area contributed by atoms with Crippen LogP contribution in [0.25, 0.3) is 0 Å². The van der Waals surface area contributed by atoms with E-state index in [-0.39, 0.29) is 29.6 Å². The SMILES string of the molecule is CC(C)Cc1cc(C(=O)N2CC[C@H](Oc3cccc(Br)c3)[C@@H](CC(=O)N3CCN(C)CC3)C2)on1. The number of likely N-dealkylation sites (tertiary alicyclic amines) is 1. The van der Waals surface area contributed by atoms with Crippen LogP contribution in [0.5, 0.6) is 5.75 Å². The van der Waals surface area contributed by atoms with Crippen LogP contribution in [0.4, 0.5) is 0 Å². The van der Waals surface area contributed by atoms with Crippen molar-refractivity contribution in [3.05, 3.63) is 46.3 Å². The molecule has 0 spiro atoms. The molecule has 2 aliphatic rings. The fourth-order valence-electron chi connectivity index (χ4n) is 4.75. The first-order chi connectivity index (χ1) is 16.8. The zero-order valence-corrected chi connectivity index (χ0v) is 22.4. The Labute approximate surface area is 215 Å². The van der Waals surface area contributed by atoms with E-state index in [4.69, 9.17) is 9.26 Å². The van der Waals surface area contributed by atoms with E-state index in [9.17, 15) is 9.59 Å². The van der Waals surface area contributed by atoms with Gasteiger partial charge in [-0.1, -0.05) is 41.0 Å². The zero-order chi connectivity index (χ0) is 24.9. The molecule has 1 aromatic carbocycles. The highest BCUT2D eigenvalue weighted by Crippen LogP contribution is 2.29. The van der Waals surface area contributed by atoms with Gasteiger partial charge in [0.1, 0.15) is 11.9 Å². The van der Waals surface area contributed by atoms with Gasteiger partial charge in [0.25, 0.3) is 5.91 Å². The molecule has 0 radical (unpaired) electrons. The van der Waals surface area contributed by atoms with E-state index >= 15 is 0 Å². The number of likely N-dealkylation sites (N-methyl/N-ethyl adjacent to an activating group) is 1. The van der Waals surface area contributed by atoms with Crippen molar-refractivity contribution in [3.63, 3.8) is 0 Å². The number of halogens is 1. The molecule has 0 bridgehead atoms. The summed E-state index contributed by atoms with van der Waals surface area (Å²) in [6.45, 7) is 8.42. The molecule has 0 unspecified atom stereocenters. The summed E-state index contributed by atoms with van der Waals surface area (Å²) in [5, 5.41) is 4.07. The maximum Gasteiger partial charge on any atom is 0.292 e. The molecule has 2 saturated heterocycles. The fraction of sp³-hybridized carbons (Fsp3) is 0.577. The smallest absolute Gasteiger partial charge is 0.292 e. The maximum atomic E-state index is 13.2. The summed E-state index contributed by atoms with van der Waals surface area (Å²) >= 11 is 3.50. The number of aromatic nitrogens is 1. The molecular formula is C26H35BrN4O4. The highest BCUT2D eigenvalue weighted by Gasteiger charge is 2.37. The van der Waals surface area contributed by atoms with E-state index in [1.807, 2.05) is 29.2 Å². The largest absolute Gasteiger partial charge is 0.490 e. The van der Waals surface area contributed by atoms with Crippen LogP contribution in [0.15, 0.2) is 39.3 Å². The molecule has 2 atom stereocenters. The van der Waals surface area contributed by atoms with Crippen LogP contribution >= 0.6 is 15.9 Å². The molecule has 190 valence electrons. The Bertz CT molecular complexity index is 1020. The zero-order valence-electron chi connectivity index (χ0n) is 20.8. The van der Waals surface area contributed by atoms with Crippen molar-refractivity contribution < 1.29 is 18.8 Å². The first kappa shape index (κ1) is 25.7. The van der Waals surface area contributed by atoms with Gasteiger partial charge in [-0.25, -0.2) is 0 Å². The molecule has 1 aromatic heterocycles. The van der Waals surface area contributed by atoms with Gasteiger partial charge in [0.2, 0.25) is 11.7 Å². The molecule has 9 heteroatoms. The summed E-state index contributed by atoms with van der Waals surface area (Å²) in [6, 6.07) is 9.49. The number of piperidine rings is 1. The summed E-state index contributed by atoms with van der Waals surface area (Å²) in [6.07, 6.45) is 1.60. The van der Waals surface area contributed by atoms with Crippen LogP contribution in [0.1, 0.15) is 42.9 Å². The van der Waals surface area contributed by atoms with Crippen molar-refractivity contribution in [2.45, 2.75) is 39.2 Å². The third-order valence-corrected chi connectivity index (χ3v) is 7.21. The summed E-state index contributed by atoms with van der Waals surface area (Å²) in [4.78, 5) is 32.4. The standard InChI is InChI=1S/C26H35BrN4O4/c1-18(2)13-21-16-24(35-28-21)26(33)31-8-7-23(34-22-6-4-5-20(27)15-22)19(17-31)14-25(32)30-11-9-29(3)10-12-30/h4-6,15-16,18-19,23H,7-14,17H2,1-3H3/t19-,23-/m0/s1. The van der Waals surface area contributed by atoms with E-state index in [0.29, 0.717) is 31.8 Å². The molecule has 35 heavy (non-hydrogen) atoms. The van der Waals surface area contributed by atoms with Crippen LogP contribution in [-0.2, 0) is 11.2 Å². The molecule has 2 aromatic rings. The van der Waals surface area contributed by atoms with Crippen molar-refractivity contribution >= 4 is 27.7 Å². The lowest BCUT2D eigenvalue weighted by molar-refractivity contribution is -0.135. The lowest BCUT2D eigenvalue weighted by atomic mass is 9.90. The van der Waals surface area contributed by atoms with Crippen molar-refractivity contribution in [3.8, 4) is 5.75 Å². The Kier molecular flexibility index (Phi) is 8.49. The minimum atomic E-state index is -0.176. The van der Waals surface area contributed by atoms with Gasteiger partial charge in [0, 0.05) is 68.6 Å². The molecule has 0 saturated carbocycles. The van der Waals surface area contributed by atoms with Crippen molar-refractivity contribution in [2.75, 3.05) is 46.3 Å². The minimum Gasteiger partial charge on any atom is -0.490 e. The first-order valence-electron chi connectivity index (χ1n) is 12.4. The topological polar surface area (TPSA) is 79.1 Å². The predicted octanol–water partition coefficient (Wildman–Crippen LogP) is 3.71. The molecule has 2 aliphatic heterocycles. The molecule has 8 nitrogen and oxygen atoms in total. The van der Waals surface area contributed by atoms with E-state index < -0.39 is 0 Å². The van der Waals surface area contributed by atoms with E-state index in [2.05, 4.69) is 46.9 Å². The maximum absolute atomic E-state index is 13.2. The predicted molar refractivity (Wildman–Crippen MR) is 136 cm³/mol.